The first kappa shape index (κ1) is 14.6. The smallest absolute Gasteiger partial charge is 0.338 e. The van der Waals surface area contributed by atoms with E-state index in [4.69, 9.17) is 26.8 Å². The Hall–Kier alpha value is -1.79. The van der Waals surface area contributed by atoms with E-state index in [2.05, 4.69) is 0 Å². The van der Waals surface area contributed by atoms with Crippen LogP contribution in [0.15, 0.2) is 18.2 Å². The highest BCUT2D eigenvalue weighted by molar-refractivity contribution is 6.31. The van der Waals surface area contributed by atoms with Crippen molar-refractivity contribution in [3.05, 3.63) is 28.8 Å². The van der Waals surface area contributed by atoms with Crippen molar-refractivity contribution in [3.63, 3.8) is 0 Å². The van der Waals surface area contributed by atoms with Gasteiger partial charge >= 0.3 is 5.97 Å². The Balaban J connectivity index is 1.89. The Morgan fingerprint density at radius 1 is 1.30 bits per heavy atom. The molecule has 1 aromatic carbocycles. The number of nitrogens with two attached hydrogens (primary N) is 1. The Labute approximate surface area is 121 Å². The van der Waals surface area contributed by atoms with Crippen LogP contribution in [0, 0.1) is 0 Å². The summed E-state index contributed by atoms with van der Waals surface area (Å²) in [6.07, 6.45) is 0. The zero-order valence-corrected chi connectivity index (χ0v) is 11.6. The Morgan fingerprint density at radius 2 is 2.00 bits per heavy atom. The second-order valence-corrected chi connectivity index (χ2v) is 4.78. The number of rotatable bonds is 3. The number of hydrogen-bond acceptors (Lipinski definition) is 5. The summed E-state index contributed by atoms with van der Waals surface area (Å²) in [7, 11) is 0. The van der Waals surface area contributed by atoms with Gasteiger partial charge in [0.05, 0.1) is 18.8 Å². The molecule has 1 aliphatic rings. The lowest BCUT2D eigenvalue weighted by atomic mass is 10.2. The van der Waals surface area contributed by atoms with Crippen molar-refractivity contribution in [2.45, 2.75) is 0 Å². The monoisotopic (exact) mass is 298 g/mol. The van der Waals surface area contributed by atoms with E-state index in [-0.39, 0.29) is 18.1 Å². The van der Waals surface area contributed by atoms with Gasteiger partial charge in [0.2, 0.25) is 0 Å². The van der Waals surface area contributed by atoms with Crippen molar-refractivity contribution < 1.29 is 19.1 Å². The lowest BCUT2D eigenvalue weighted by molar-refractivity contribution is -0.138. The number of morpholine rings is 1. The van der Waals surface area contributed by atoms with Gasteiger partial charge in [-0.3, -0.25) is 4.79 Å². The molecule has 2 rings (SSSR count). The minimum Gasteiger partial charge on any atom is -0.452 e. The maximum atomic E-state index is 11.8. The first-order valence-electron chi connectivity index (χ1n) is 6.15. The zero-order chi connectivity index (χ0) is 14.5. The molecule has 0 aliphatic carbocycles. The second-order valence-electron chi connectivity index (χ2n) is 4.34. The number of benzene rings is 1. The van der Waals surface area contributed by atoms with E-state index < -0.39 is 5.97 Å². The van der Waals surface area contributed by atoms with E-state index in [0.717, 1.165) is 0 Å². The fourth-order valence-corrected chi connectivity index (χ4v) is 2.09. The molecule has 108 valence electrons. The number of anilines is 1. The largest absolute Gasteiger partial charge is 0.452 e. The quantitative estimate of drug-likeness (QED) is 0.663. The number of nitrogens with zero attached hydrogens (tertiary/aromatic N) is 1. The molecule has 1 aliphatic heterocycles. The molecule has 1 amide bonds. The third-order valence-electron chi connectivity index (χ3n) is 2.85. The molecule has 0 aromatic heterocycles. The number of halogens is 1. The molecule has 20 heavy (non-hydrogen) atoms. The van der Waals surface area contributed by atoms with Crippen LogP contribution < -0.4 is 5.73 Å². The highest BCUT2D eigenvalue weighted by Crippen LogP contribution is 2.17. The topological polar surface area (TPSA) is 81.9 Å². The number of ether oxygens (including phenoxy) is 2. The fraction of sp³-hybridized carbons (Fsp3) is 0.385. The highest BCUT2D eigenvalue weighted by Gasteiger charge is 2.19. The third-order valence-corrected chi connectivity index (χ3v) is 3.06. The average molecular weight is 299 g/mol. The first-order chi connectivity index (χ1) is 9.56. The minimum absolute atomic E-state index is 0.227. The molecular weight excluding hydrogens is 284 g/mol. The van der Waals surface area contributed by atoms with Gasteiger partial charge in [-0.1, -0.05) is 11.6 Å². The molecule has 0 saturated carbocycles. The Bertz CT molecular complexity index is 495. The number of esters is 1. The summed E-state index contributed by atoms with van der Waals surface area (Å²) < 4.78 is 10.1. The van der Waals surface area contributed by atoms with Crippen molar-refractivity contribution in [1.29, 1.82) is 0 Å². The fourth-order valence-electron chi connectivity index (χ4n) is 1.84. The van der Waals surface area contributed by atoms with Gasteiger partial charge in [0.1, 0.15) is 0 Å². The number of carbonyl (C=O) groups is 2. The van der Waals surface area contributed by atoms with Crippen molar-refractivity contribution >= 4 is 29.2 Å². The van der Waals surface area contributed by atoms with Gasteiger partial charge in [0, 0.05) is 23.8 Å². The molecular formula is C13H15ClN2O4. The standard InChI is InChI=1S/C13H15ClN2O4/c14-10-5-9(6-11(15)7-10)13(18)20-8-12(17)16-1-3-19-4-2-16/h5-7H,1-4,8,15H2. The summed E-state index contributed by atoms with van der Waals surface area (Å²) in [5.74, 6) is -0.863. The van der Waals surface area contributed by atoms with Crippen molar-refractivity contribution in [2.24, 2.45) is 0 Å². The van der Waals surface area contributed by atoms with E-state index in [1.165, 1.54) is 18.2 Å². The number of amides is 1. The minimum atomic E-state index is -0.624. The van der Waals surface area contributed by atoms with Crippen LogP contribution in [-0.4, -0.2) is 49.7 Å². The van der Waals surface area contributed by atoms with Crippen LogP contribution in [-0.2, 0) is 14.3 Å². The third kappa shape index (κ3) is 3.85. The van der Waals surface area contributed by atoms with E-state index in [9.17, 15) is 9.59 Å². The van der Waals surface area contributed by atoms with Gasteiger partial charge in [0.25, 0.3) is 5.91 Å². The molecule has 1 saturated heterocycles. The van der Waals surface area contributed by atoms with Crippen molar-refractivity contribution in [1.82, 2.24) is 4.90 Å². The molecule has 0 spiro atoms. The zero-order valence-electron chi connectivity index (χ0n) is 10.8. The summed E-state index contributed by atoms with van der Waals surface area (Å²) in [6.45, 7) is 1.74. The van der Waals surface area contributed by atoms with Gasteiger partial charge in [-0.2, -0.15) is 0 Å². The average Bonchev–Trinajstić information content (AvgIpc) is 2.44. The van der Waals surface area contributed by atoms with Crippen molar-refractivity contribution in [3.8, 4) is 0 Å². The van der Waals surface area contributed by atoms with Crippen LogP contribution in [0.25, 0.3) is 0 Å². The predicted octanol–water partition coefficient (Wildman–Crippen LogP) is 0.938. The maximum Gasteiger partial charge on any atom is 0.338 e. The number of nitrogen functional groups attached to an aromatic ring is 1. The molecule has 0 bridgehead atoms. The molecule has 7 heteroatoms. The summed E-state index contributed by atoms with van der Waals surface area (Å²) in [4.78, 5) is 25.2. The Kier molecular flexibility index (Phi) is 4.81. The molecule has 1 fully saturated rings. The number of hydrogen-bond donors (Lipinski definition) is 1. The summed E-state index contributed by atoms with van der Waals surface area (Å²) in [5.41, 5.74) is 6.18. The van der Waals surface area contributed by atoms with Crippen LogP contribution >= 0.6 is 11.6 Å². The predicted molar refractivity (Wildman–Crippen MR) is 73.5 cm³/mol. The number of carbonyl (C=O) groups excluding carboxylic acids is 2. The van der Waals surface area contributed by atoms with Crippen LogP contribution in [0.1, 0.15) is 10.4 Å². The first-order valence-corrected chi connectivity index (χ1v) is 6.53. The van der Waals surface area contributed by atoms with Crippen LogP contribution in [0.4, 0.5) is 5.69 Å². The van der Waals surface area contributed by atoms with Gasteiger partial charge in [-0.05, 0) is 18.2 Å². The van der Waals surface area contributed by atoms with E-state index in [0.29, 0.717) is 37.0 Å². The molecule has 2 N–H and O–H groups in total. The summed E-state index contributed by atoms with van der Waals surface area (Å²) in [6, 6.07) is 4.42. The summed E-state index contributed by atoms with van der Waals surface area (Å²) in [5, 5.41) is 0.344. The van der Waals surface area contributed by atoms with E-state index in [1.807, 2.05) is 0 Å². The molecule has 1 heterocycles. The maximum absolute atomic E-state index is 11.8. The van der Waals surface area contributed by atoms with Crippen molar-refractivity contribution in [2.75, 3.05) is 38.6 Å². The molecule has 0 atom stereocenters. The van der Waals surface area contributed by atoms with Gasteiger partial charge in [0.15, 0.2) is 6.61 Å². The lowest BCUT2D eigenvalue weighted by Gasteiger charge is -2.26. The summed E-state index contributed by atoms with van der Waals surface area (Å²) >= 11 is 5.80. The van der Waals surface area contributed by atoms with E-state index >= 15 is 0 Å². The van der Waals surface area contributed by atoms with E-state index in [1.54, 1.807) is 4.90 Å². The highest BCUT2D eigenvalue weighted by atomic mass is 35.5. The van der Waals surface area contributed by atoms with Crippen LogP contribution in [0.2, 0.25) is 5.02 Å². The van der Waals surface area contributed by atoms with Crippen LogP contribution in [0.3, 0.4) is 0 Å². The normalized spacial score (nSPS) is 14.9. The lowest BCUT2D eigenvalue weighted by Crippen LogP contribution is -2.42. The molecule has 1 aromatic rings. The second kappa shape index (κ2) is 6.58. The molecule has 0 unspecified atom stereocenters. The SMILES string of the molecule is Nc1cc(Cl)cc(C(=O)OCC(=O)N2CCOCC2)c1. The molecule has 0 radical (unpaired) electrons. The van der Waals surface area contributed by atoms with Crippen LogP contribution in [0.5, 0.6) is 0 Å². The van der Waals surface area contributed by atoms with Gasteiger partial charge < -0.3 is 20.1 Å². The van der Waals surface area contributed by atoms with Gasteiger partial charge in [-0.25, -0.2) is 4.79 Å². The molecule has 6 nitrogen and oxygen atoms in total. The Morgan fingerprint density at radius 3 is 2.65 bits per heavy atom. The van der Waals surface area contributed by atoms with Gasteiger partial charge in [-0.15, -0.1) is 0 Å².